The fourth-order valence-electron chi connectivity index (χ4n) is 1.83. The van der Waals surface area contributed by atoms with Crippen LogP contribution in [0, 0.1) is 0 Å². The number of benzene rings is 1. The summed E-state index contributed by atoms with van der Waals surface area (Å²) < 4.78 is 0. The van der Waals surface area contributed by atoms with Gasteiger partial charge >= 0.3 is 5.97 Å². The van der Waals surface area contributed by atoms with E-state index in [0.717, 1.165) is 25.1 Å². The molecule has 0 aromatic heterocycles. The Labute approximate surface area is 113 Å². The lowest BCUT2D eigenvalue weighted by Crippen LogP contribution is -2.31. The Morgan fingerprint density at radius 3 is 2.56 bits per heavy atom. The van der Waals surface area contributed by atoms with Gasteiger partial charge in [0, 0.05) is 17.6 Å². The third-order valence-corrected chi connectivity index (χ3v) is 3.27. The Bertz CT molecular complexity index is 418. The van der Waals surface area contributed by atoms with E-state index in [1.807, 2.05) is 0 Å². The average Bonchev–Trinajstić information content (AvgIpc) is 2.30. The average molecular weight is 270 g/mol. The van der Waals surface area contributed by atoms with Crippen LogP contribution in [0.4, 0.5) is 0 Å². The SMILES string of the molecule is CCCN(Cc1ccc(C(=O)O)cc1Cl)C(C)C. The van der Waals surface area contributed by atoms with Gasteiger partial charge in [0.25, 0.3) is 0 Å². The highest BCUT2D eigenvalue weighted by Gasteiger charge is 2.12. The molecule has 1 N–H and O–H groups in total. The fraction of sp³-hybridized carbons (Fsp3) is 0.500. The molecule has 0 spiro atoms. The van der Waals surface area contributed by atoms with Crippen molar-refractivity contribution < 1.29 is 9.90 Å². The van der Waals surface area contributed by atoms with E-state index in [2.05, 4.69) is 25.7 Å². The number of carbonyl (C=O) groups is 1. The van der Waals surface area contributed by atoms with Gasteiger partial charge in [0.1, 0.15) is 0 Å². The Kier molecular flexibility index (Phi) is 5.63. The van der Waals surface area contributed by atoms with Gasteiger partial charge in [0.15, 0.2) is 0 Å². The first-order chi connectivity index (χ1) is 8.45. The fourth-order valence-corrected chi connectivity index (χ4v) is 2.07. The summed E-state index contributed by atoms with van der Waals surface area (Å²) in [4.78, 5) is 13.1. The van der Waals surface area contributed by atoms with Crippen LogP contribution in [-0.2, 0) is 6.54 Å². The predicted molar refractivity (Wildman–Crippen MR) is 74.2 cm³/mol. The summed E-state index contributed by atoms with van der Waals surface area (Å²) >= 11 is 6.13. The van der Waals surface area contributed by atoms with Crippen LogP contribution in [0.1, 0.15) is 43.1 Å². The number of nitrogens with zero attached hydrogens (tertiary/aromatic N) is 1. The van der Waals surface area contributed by atoms with E-state index in [1.54, 1.807) is 12.1 Å². The molecule has 0 fully saturated rings. The summed E-state index contributed by atoms with van der Waals surface area (Å²) in [5, 5.41) is 9.41. The van der Waals surface area contributed by atoms with Gasteiger partial charge in [-0.05, 0) is 44.5 Å². The molecule has 0 aliphatic carbocycles. The largest absolute Gasteiger partial charge is 0.478 e. The lowest BCUT2D eigenvalue weighted by Gasteiger charge is -2.26. The monoisotopic (exact) mass is 269 g/mol. The van der Waals surface area contributed by atoms with Crippen molar-refractivity contribution in [3.8, 4) is 0 Å². The molecule has 1 aromatic rings. The highest BCUT2D eigenvalue weighted by Crippen LogP contribution is 2.20. The van der Waals surface area contributed by atoms with Crippen LogP contribution in [0.15, 0.2) is 18.2 Å². The molecule has 0 bridgehead atoms. The number of hydrogen-bond acceptors (Lipinski definition) is 2. The quantitative estimate of drug-likeness (QED) is 0.857. The summed E-state index contributed by atoms with van der Waals surface area (Å²) in [7, 11) is 0. The molecule has 0 aliphatic heterocycles. The van der Waals surface area contributed by atoms with Crippen molar-refractivity contribution in [2.45, 2.75) is 39.8 Å². The number of aromatic carboxylic acids is 1. The highest BCUT2D eigenvalue weighted by molar-refractivity contribution is 6.31. The first kappa shape index (κ1) is 15.0. The molecule has 0 saturated carbocycles. The predicted octanol–water partition coefficient (Wildman–Crippen LogP) is 3.66. The zero-order valence-electron chi connectivity index (χ0n) is 11.1. The van der Waals surface area contributed by atoms with Gasteiger partial charge in [-0.15, -0.1) is 0 Å². The molecule has 0 radical (unpaired) electrons. The molecule has 0 saturated heterocycles. The summed E-state index contributed by atoms with van der Waals surface area (Å²) in [6.45, 7) is 8.20. The number of halogens is 1. The number of rotatable bonds is 6. The molecular weight excluding hydrogens is 250 g/mol. The lowest BCUT2D eigenvalue weighted by atomic mass is 10.1. The van der Waals surface area contributed by atoms with Crippen molar-refractivity contribution in [2.75, 3.05) is 6.54 Å². The maximum Gasteiger partial charge on any atom is 0.335 e. The Balaban J connectivity index is 2.86. The number of carboxylic acid groups (broad SMARTS) is 1. The van der Waals surface area contributed by atoms with Gasteiger partial charge < -0.3 is 5.11 Å². The molecule has 100 valence electrons. The molecule has 0 heterocycles. The molecule has 4 heteroatoms. The summed E-state index contributed by atoms with van der Waals surface area (Å²) in [5.74, 6) is -0.947. The minimum atomic E-state index is -0.947. The summed E-state index contributed by atoms with van der Waals surface area (Å²) in [5.41, 5.74) is 1.21. The van der Waals surface area contributed by atoms with Crippen LogP contribution < -0.4 is 0 Å². The van der Waals surface area contributed by atoms with Crippen molar-refractivity contribution >= 4 is 17.6 Å². The van der Waals surface area contributed by atoms with Crippen LogP contribution in [0.25, 0.3) is 0 Å². The third-order valence-electron chi connectivity index (χ3n) is 2.91. The summed E-state index contributed by atoms with van der Waals surface area (Å²) in [6, 6.07) is 5.37. The second-order valence-electron chi connectivity index (χ2n) is 4.68. The molecule has 0 atom stereocenters. The van der Waals surface area contributed by atoms with Crippen molar-refractivity contribution in [2.24, 2.45) is 0 Å². The normalized spacial score (nSPS) is 11.2. The lowest BCUT2D eigenvalue weighted by molar-refractivity contribution is 0.0697. The molecule has 18 heavy (non-hydrogen) atoms. The van der Waals surface area contributed by atoms with Crippen LogP contribution in [0.5, 0.6) is 0 Å². The third kappa shape index (κ3) is 4.00. The Morgan fingerprint density at radius 1 is 1.44 bits per heavy atom. The van der Waals surface area contributed by atoms with Gasteiger partial charge in [0.2, 0.25) is 0 Å². The van der Waals surface area contributed by atoms with Crippen molar-refractivity contribution in [3.05, 3.63) is 34.3 Å². The van der Waals surface area contributed by atoms with E-state index in [1.165, 1.54) is 6.07 Å². The van der Waals surface area contributed by atoms with Crippen molar-refractivity contribution in [1.82, 2.24) is 4.90 Å². The summed E-state index contributed by atoms with van der Waals surface area (Å²) in [6.07, 6.45) is 1.09. The van der Waals surface area contributed by atoms with Crippen molar-refractivity contribution in [1.29, 1.82) is 0 Å². The Hall–Kier alpha value is -1.06. The second-order valence-corrected chi connectivity index (χ2v) is 5.08. The molecular formula is C14H20ClNO2. The zero-order chi connectivity index (χ0) is 13.7. The molecule has 0 amide bonds. The second kappa shape index (κ2) is 6.76. The van der Waals surface area contributed by atoms with Crippen LogP contribution in [0.2, 0.25) is 5.02 Å². The smallest absolute Gasteiger partial charge is 0.335 e. The van der Waals surface area contributed by atoms with Gasteiger partial charge in [-0.1, -0.05) is 24.6 Å². The minimum absolute atomic E-state index is 0.232. The minimum Gasteiger partial charge on any atom is -0.478 e. The van der Waals surface area contributed by atoms with Crippen LogP contribution >= 0.6 is 11.6 Å². The standard InChI is InChI=1S/C14H20ClNO2/c1-4-7-16(10(2)3)9-12-6-5-11(14(17)18)8-13(12)15/h5-6,8,10H,4,7,9H2,1-3H3,(H,17,18). The van der Waals surface area contributed by atoms with E-state index >= 15 is 0 Å². The van der Waals surface area contributed by atoms with E-state index < -0.39 is 5.97 Å². The van der Waals surface area contributed by atoms with Crippen LogP contribution in [0.3, 0.4) is 0 Å². The molecule has 0 aliphatic rings. The molecule has 0 unspecified atom stereocenters. The van der Waals surface area contributed by atoms with Crippen molar-refractivity contribution in [3.63, 3.8) is 0 Å². The maximum absolute atomic E-state index is 10.8. The number of hydrogen-bond donors (Lipinski definition) is 1. The Morgan fingerprint density at radius 2 is 2.11 bits per heavy atom. The number of carboxylic acids is 1. The van der Waals surface area contributed by atoms with E-state index in [-0.39, 0.29) is 5.56 Å². The van der Waals surface area contributed by atoms with Gasteiger partial charge in [-0.3, -0.25) is 4.90 Å². The molecule has 3 nitrogen and oxygen atoms in total. The van der Waals surface area contributed by atoms with Gasteiger partial charge in [-0.2, -0.15) is 0 Å². The first-order valence-electron chi connectivity index (χ1n) is 6.21. The first-order valence-corrected chi connectivity index (χ1v) is 6.59. The van der Waals surface area contributed by atoms with E-state index in [9.17, 15) is 4.79 Å². The highest BCUT2D eigenvalue weighted by atomic mass is 35.5. The maximum atomic E-state index is 10.8. The van der Waals surface area contributed by atoms with Gasteiger partial charge in [-0.25, -0.2) is 4.79 Å². The molecule has 1 rings (SSSR count). The van der Waals surface area contributed by atoms with E-state index in [4.69, 9.17) is 16.7 Å². The topological polar surface area (TPSA) is 40.5 Å². The van der Waals surface area contributed by atoms with Gasteiger partial charge in [0.05, 0.1) is 5.56 Å². The zero-order valence-corrected chi connectivity index (χ0v) is 11.9. The molecule has 1 aromatic carbocycles. The van der Waals surface area contributed by atoms with Crippen LogP contribution in [-0.4, -0.2) is 28.6 Å². The van der Waals surface area contributed by atoms with E-state index in [0.29, 0.717) is 11.1 Å².